The van der Waals surface area contributed by atoms with Crippen molar-refractivity contribution in [3.8, 4) is 0 Å². The highest BCUT2D eigenvalue weighted by molar-refractivity contribution is 5.94. The molecule has 6 saturated carbocycles. The first-order valence-electron chi connectivity index (χ1n) is 7.84. The van der Waals surface area contributed by atoms with E-state index in [1.165, 1.54) is 14.2 Å². The van der Waals surface area contributed by atoms with E-state index in [1.807, 2.05) is 0 Å². The maximum absolute atomic E-state index is 12.8. The number of methoxy groups -OCH3 is 2. The summed E-state index contributed by atoms with van der Waals surface area (Å²) in [5.74, 6) is 2.47. The van der Waals surface area contributed by atoms with E-state index in [1.54, 1.807) is 0 Å². The normalized spacial score (nSPS) is 59.5. The van der Waals surface area contributed by atoms with Gasteiger partial charge in [0.15, 0.2) is 0 Å². The zero-order valence-corrected chi connectivity index (χ0v) is 11.9. The molecule has 0 saturated heterocycles. The predicted molar refractivity (Wildman–Crippen MR) is 68.3 cm³/mol. The van der Waals surface area contributed by atoms with Crippen LogP contribution in [0.3, 0.4) is 0 Å². The van der Waals surface area contributed by atoms with Gasteiger partial charge in [0.25, 0.3) is 0 Å². The van der Waals surface area contributed by atoms with Crippen molar-refractivity contribution in [3.63, 3.8) is 0 Å². The largest absolute Gasteiger partial charge is 0.469 e. The van der Waals surface area contributed by atoms with Crippen molar-refractivity contribution in [1.29, 1.82) is 0 Å². The quantitative estimate of drug-likeness (QED) is 0.719. The molecule has 0 aromatic carbocycles. The van der Waals surface area contributed by atoms with E-state index in [-0.39, 0.29) is 11.9 Å². The maximum atomic E-state index is 12.8. The average molecular weight is 276 g/mol. The van der Waals surface area contributed by atoms with E-state index >= 15 is 0 Å². The molecule has 0 aliphatic heterocycles. The van der Waals surface area contributed by atoms with Crippen LogP contribution >= 0.6 is 0 Å². The molecule has 0 aromatic heterocycles. The molecule has 6 aliphatic carbocycles. The summed E-state index contributed by atoms with van der Waals surface area (Å²) in [6.07, 6.45) is 4.40. The summed E-state index contributed by atoms with van der Waals surface area (Å²) in [5, 5.41) is 0. The van der Waals surface area contributed by atoms with Crippen LogP contribution in [0.5, 0.6) is 0 Å². The van der Waals surface area contributed by atoms with Crippen LogP contribution in [0.15, 0.2) is 0 Å². The van der Waals surface area contributed by atoms with Gasteiger partial charge in [0.2, 0.25) is 0 Å². The number of hydrogen-bond acceptors (Lipinski definition) is 4. The number of hydrogen-bond donors (Lipinski definition) is 0. The van der Waals surface area contributed by atoms with Crippen LogP contribution in [-0.4, -0.2) is 26.2 Å². The Bertz CT molecular complexity index is 467. The molecule has 108 valence electrons. The van der Waals surface area contributed by atoms with Crippen molar-refractivity contribution in [2.45, 2.75) is 25.7 Å². The molecular weight excluding hydrogens is 256 g/mol. The third-order valence-electron chi connectivity index (χ3n) is 7.95. The van der Waals surface area contributed by atoms with Crippen LogP contribution in [0.25, 0.3) is 0 Å². The zero-order chi connectivity index (χ0) is 13.9. The minimum absolute atomic E-state index is 0.116. The van der Waals surface area contributed by atoms with Crippen molar-refractivity contribution < 1.29 is 19.1 Å². The van der Waals surface area contributed by atoms with Crippen LogP contribution in [0.4, 0.5) is 0 Å². The fourth-order valence-corrected chi connectivity index (χ4v) is 8.30. The van der Waals surface area contributed by atoms with Gasteiger partial charge in [0.05, 0.1) is 25.0 Å². The standard InChI is InChI=1S/C16H20O4/c1-19-13(17)15-7-3-5-9-11(7)12-8(15)4-6-10(12)16(9,15)14(18)20-2/h7-12H,3-6H2,1-2H3/t7-,8+,9-,10+,11?,12?,15?,16?. The van der Waals surface area contributed by atoms with Crippen LogP contribution in [-0.2, 0) is 19.1 Å². The Morgan fingerprint density at radius 2 is 1.05 bits per heavy atom. The molecule has 8 bridgehead atoms. The summed E-state index contributed by atoms with van der Waals surface area (Å²) >= 11 is 0. The second-order valence-electron chi connectivity index (χ2n) is 7.46. The van der Waals surface area contributed by atoms with Gasteiger partial charge in [-0.05, 0) is 61.2 Å². The first-order valence-corrected chi connectivity index (χ1v) is 7.84. The summed E-state index contributed by atoms with van der Waals surface area (Å²) in [7, 11) is 2.96. The molecule has 6 aliphatic rings. The molecule has 4 heteroatoms. The van der Waals surface area contributed by atoms with Gasteiger partial charge in [0.1, 0.15) is 0 Å². The molecule has 0 aromatic rings. The van der Waals surface area contributed by atoms with Crippen molar-refractivity contribution >= 4 is 11.9 Å². The summed E-state index contributed by atoms with van der Waals surface area (Å²) < 4.78 is 10.5. The molecule has 6 fully saturated rings. The molecule has 20 heavy (non-hydrogen) atoms. The Balaban J connectivity index is 1.81. The average Bonchev–Trinajstić information content (AvgIpc) is 3.23. The van der Waals surface area contributed by atoms with Crippen LogP contribution in [0.1, 0.15) is 25.7 Å². The lowest BCUT2D eigenvalue weighted by Crippen LogP contribution is -2.60. The van der Waals surface area contributed by atoms with E-state index in [0.717, 1.165) is 25.7 Å². The lowest BCUT2D eigenvalue weighted by molar-refractivity contribution is -0.193. The van der Waals surface area contributed by atoms with Crippen molar-refractivity contribution in [2.75, 3.05) is 14.2 Å². The van der Waals surface area contributed by atoms with Crippen molar-refractivity contribution in [2.24, 2.45) is 46.3 Å². The van der Waals surface area contributed by atoms with E-state index < -0.39 is 10.8 Å². The van der Waals surface area contributed by atoms with Crippen LogP contribution in [0.2, 0.25) is 0 Å². The third-order valence-corrected chi connectivity index (χ3v) is 7.95. The summed E-state index contributed by atoms with van der Waals surface area (Å²) in [6.45, 7) is 0. The Labute approximate surface area is 118 Å². The van der Waals surface area contributed by atoms with Gasteiger partial charge in [-0.25, -0.2) is 0 Å². The van der Waals surface area contributed by atoms with Crippen molar-refractivity contribution in [3.05, 3.63) is 0 Å². The summed E-state index contributed by atoms with van der Waals surface area (Å²) in [6, 6.07) is 0. The van der Waals surface area contributed by atoms with Gasteiger partial charge >= 0.3 is 11.9 Å². The second-order valence-corrected chi connectivity index (χ2v) is 7.46. The molecular formula is C16H20O4. The molecule has 6 atom stereocenters. The summed E-state index contributed by atoms with van der Waals surface area (Å²) in [4.78, 5) is 25.6. The SMILES string of the molecule is COC(=O)C12[C@@H]3CC[C@@H]4C3C3[C@@H]1CC[C@@H]3C42C(=O)OC. The lowest BCUT2D eigenvalue weighted by Gasteiger charge is -2.51. The highest BCUT2D eigenvalue weighted by Crippen LogP contribution is 2.92. The number of ether oxygens (including phenoxy) is 2. The number of carbonyl (C=O) groups is 2. The second kappa shape index (κ2) is 3.07. The molecule has 6 rings (SSSR count). The third kappa shape index (κ3) is 0.709. The van der Waals surface area contributed by atoms with Gasteiger partial charge in [-0.2, -0.15) is 0 Å². The first kappa shape index (κ1) is 11.6. The molecule has 0 amide bonds. The molecule has 2 unspecified atom stereocenters. The van der Waals surface area contributed by atoms with Gasteiger partial charge in [0, 0.05) is 0 Å². The monoisotopic (exact) mass is 276 g/mol. The number of rotatable bonds is 2. The van der Waals surface area contributed by atoms with Gasteiger partial charge in [-0.1, -0.05) is 0 Å². The maximum Gasteiger partial charge on any atom is 0.313 e. The van der Waals surface area contributed by atoms with E-state index in [9.17, 15) is 9.59 Å². The van der Waals surface area contributed by atoms with Crippen LogP contribution in [0, 0.1) is 46.3 Å². The van der Waals surface area contributed by atoms with Gasteiger partial charge in [-0.15, -0.1) is 0 Å². The summed E-state index contributed by atoms with van der Waals surface area (Å²) in [5.41, 5.74) is -1.06. The molecule has 0 spiro atoms. The molecule has 0 radical (unpaired) electrons. The lowest BCUT2D eigenvalue weighted by atomic mass is 9.50. The Morgan fingerprint density at radius 3 is 1.30 bits per heavy atom. The first-order chi connectivity index (χ1) is 9.67. The van der Waals surface area contributed by atoms with Crippen molar-refractivity contribution in [1.82, 2.24) is 0 Å². The minimum Gasteiger partial charge on any atom is -0.469 e. The van der Waals surface area contributed by atoms with E-state index in [0.29, 0.717) is 35.5 Å². The highest BCUT2D eigenvalue weighted by Gasteiger charge is 2.95. The zero-order valence-electron chi connectivity index (χ0n) is 11.9. The topological polar surface area (TPSA) is 52.6 Å². The number of carbonyl (C=O) groups excluding carboxylic acids is 2. The fraction of sp³-hybridized carbons (Fsp3) is 0.875. The van der Waals surface area contributed by atoms with Crippen LogP contribution < -0.4 is 0 Å². The fourth-order valence-electron chi connectivity index (χ4n) is 8.30. The molecule has 0 N–H and O–H groups in total. The molecule has 4 nitrogen and oxygen atoms in total. The Morgan fingerprint density at radius 1 is 0.750 bits per heavy atom. The predicted octanol–water partition coefficient (Wildman–Crippen LogP) is 1.63. The van der Waals surface area contributed by atoms with Gasteiger partial charge < -0.3 is 9.47 Å². The molecule has 0 heterocycles. The van der Waals surface area contributed by atoms with E-state index in [4.69, 9.17) is 9.47 Å². The van der Waals surface area contributed by atoms with Gasteiger partial charge in [-0.3, -0.25) is 9.59 Å². The smallest absolute Gasteiger partial charge is 0.313 e. The highest BCUT2D eigenvalue weighted by atomic mass is 16.5. The minimum atomic E-state index is -0.532. The Kier molecular flexibility index (Phi) is 1.78. The number of esters is 2. The Hall–Kier alpha value is -1.06. The van der Waals surface area contributed by atoms with E-state index in [2.05, 4.69) is 0 Å².